The van der Waals surface area contributed by atoms with Crippen LogP contribution in [0.15, 0.2) is 36.9 Å². The van der Waals surface area contributed by atoms with Gasteiger partial charge in [-0.2, -0.15) is 0 Å². The van der Waals surface area contributed by atoms with Gasteiger partial charge in [-0.3, -0.25) is 9.59 Å². The second-order valence-electron chi connectivity index (χ2n) is 3.95. The number of nitrogens with one attached hydrogen (secondary N) is 1. The summed E-state index contributed by atoms with van der Waals surface area (Å²) in [6.45, 7) is 4.09. The molecule has 1 aliphatic heterocycles. The molecule has 0 saturated carbocycles. The highest BCUT2D eigenvalue weighted by molar-refractivity contribution is 5.96. The lowest BCUT2D eigenvalue weighted by atomic mass is 10.1. The van der Waals surface area contributed by atoms with Crippen LogP contribution in [0.1, 0.15) is 12.0 Å². The van der Waals surface area contributed by atoms with Gasteiger partial charge in [-0.05, 0) is 11.6 Å². The third-order valence-electron chi connectivity index (χ3n) is 2.66. The number of rotatable bonds is 2. The molecule has 0 atom stereocenters. The average molecular weight is 230 g/mol. The van der Waals surface area contributed by atoms with Gasteiger partial charge in [0.15, 0.2) is 0 Å². The summed E-state index contributed by atoms with van der Waals surface area (Å²) in [6.07, 6.45) is 1.81. The van der Waals surface area contributed by atoms with Gasteiger partial charge in [0.25, 0.3) is 0 Å². The fourth-order valence-electron chi connectivity index (χ4n) is 1.83. The van der Waals surface area contributed by atoms with Gasteiger partial charge in [0.1, 0.15) is 6.54 Å². The van der Waals surface area contributed by atoms with Gasteiger partial charge in [-0.25, -0.2) is 0 Å². The number of amides is 2. The van der Waals surface area contributed by atoms with Crippen molar-refractivity contribution in [2.45, 2.75) is 13.0 Å². The first-order valence-corrected chi connectivity index (χ1v) is 5.47. The highest BCUT2D eigenvalue weighted by Crippen LogP contribution is 2.20. The summed E-state index contributed by atoms with van der Waals surface area (Å²) in [5.74, 6) is -0.237. The van der Waals surface area contributed by atoms with Gasteiger partial charge in [-0.1, -0.05) is 24.3 Å². The molecule has 4 heteroatoms. The van der Waals surface area contributed by atoms with Crippen molar-refractivity contribution in [2.24, 2.45) is 0 Å². The van der Waals surface area contributed by atoms with Crippen molar-refractivity contribution in [3.05, 3.63) is 42.5 Å². The first kappa shape index (κ1) is 11.4. The van der Waals surface area contributed by atoms with Crippen LogP contribution in [0.3, 0.4) is 0 Å². The number of anilines is 1. The average Bonchev–Trinajstić information content (AvgIpc) is 2.47. The van der Waals surface area contributed by atoms with Gasteiger partial charge >= 0.3 is 0 Å². The smallest absolute Gasteiger partial charge is 0.244 e. The van der Waals surface area contributed by atoms with E-state index in [9.17, 15) is 9.59 Å². The van der Waals surface area contributed by atoms with Crippen molar-refractivity contribution in [1.29, 1.82) is 0 Å². The molecule has 2 rings (SSSR count). The van der Waals surface area contributed by atoms with Gasteiger partial charge < -0.3 is 10.2 Å². The van der Waals surface area contributed by atoms with Crippen LogP contribution < -0.4 is 5.32 Å². The molecule has 88 valence electrons. The van der Waals surface area contributed by atoms with E-state index in [4.69, 9.17) is 0 Å². The summed E-state index contributed by atoms with van der Waals surface area (Å²) in [5, 5.41) is 2.79. The molecule has 0 saturated heterocycles. The minimum absolute atomic E-state index is 0.0770. The number of benzene rings is 1. The molecule has 17 heavy (non-hydrogen) atoms. The van der Waals surface area contributed by atoms with E-state index in [2.05, 4.69) is 11.9 Å². The SMILES string of the molecule is C=CCC(=O)N1CC(=O)Nc2ccccc2C1. The molecule has 1 aliphatic rings. The summed E-state index contributed by atoms with van der Waals surface area (Å²) < 4.78 is 0. The molecule has 0 fully saturated rings. The minimum Gasteiger partial charge on any atom is -0.329 e. The van der Waals surface area contributed by atoms with Gasteiger partial charge in [0.2, 0.25) is 11.8 Å². The van der Waals surface area contributed by atoms with Gasteiger partial charge in [-0.15, -0.1) is 6.58 Å². The zero-order valence-electron chi connectivity index (χ0n) is 9.48. The molecular weight excluding hydrogens is 216 g/mol. The maximum absolute atomic E-state index is 11.8. The largest absolute Gasteiger partial charge is 0.329 e. The number of hydrogen-bond acceptors (Lipinski definition) is 2. The van der Waals surface area contributed by atoms with E-state index in [1.54, 1.807) is 11.0 Å². The summed E-state index contributed by atoms with van der Waals surface area (Å²) in [6, 6.07) is 7.51. The Morgan fingerprint density at radius 2 is 2.18 bits per heavy atom. The van der Waals surface area contributed by atoms with Crippen LogP contribution in [0.2, 0.25) is 0 Å². The molecule has 0 aromatic heterocycles. The minimum atomic E-state index is -0.160. The molecule has 0 bridgehead atoms. The Balaban J connectivity index is 2.26. The first-order chi connectivity index (χ1) is 8.20. The van der Waals surface area contributed by atoms with Crippen LogP contribution in [0, 0.1) is 0 Å². The van der Waals surface area contributed by atoms with Crippen molar-refractivity contribution in [1.82, 2.24) is 4.90 Å². The summed E-state index contributed by atoms with van der Waals surface area (Å²) >= 11 is 0. The van der Waals surface area contributed by atoms with Gasteiger partial charge in [0.05, 0.1) is 0 Å². The van der Waals surface area contributed by atoms with Crippen molar-refractivity contribution in [3.8, 4) is 0 Å². The number of carbonyl (C=O) groups excluding carboxylic acids is 2. The Morgan fingerprint density at radius 3 is 2.94 bits per heavy atom. The number of carbonyl (C=O) groups is 2. The Hall–Kier alpha value is -2.10. The number of fused-ring (bicyclic) bond motifs is 1. The van der Waals surface area contributed by atoms with E-state index in [1.165, 1.54) is 0 Å². The zero-order valence-corrected chi connectivity index (χ0v) is 9.48. The van der Waals surface area contributed by atoms with Gasteiger partial charge in [0, 0.05) is 18.7 Å². The Bertz CT molecular complexity index is 468. The van der Waals surface area contributed by atoms with Crippen molar-refractivity contribution < 1.29 is 9.59 Å². The van der Waals surface area contributed by atoms with Crippen LogP contribution in [-0.4, -0.2) is 23.3 Å². The zero-order chi connectivity index (χ0) is 12.3. The van der Waals surface area contributed by atoms with E-state index in [-0.39, 0.29) is 24.8 Å². The maximum atomic E-state index is 11.8. The predicted octanol–water partition coefficient (Wildman–Crippen LogP) is 1.54. The maximum Gasteiger partial charge on any atom is 0.244 e. The Labute approximate surface area is 99.9 Å². The molecule has 1 N–H and O–H groups in total. The quantitative estimate of drug-likeness (QED) is 0.783. The van der Waals surface area contributed by atoms with Crippen LogP contribution >= 0.6 is 0 Å². The number of nitrogens with zero attached hydrogens (tertiary/aromatic N) is 1. The summed E-state index contributed by atoms with van der Waals surface area (Å²) in [4.78, 5) is 25.0. The molecule has 0 aliphatic carbocycles. The van der Waals surface area contributed by atoms with Crippen LogP contribution in [0.25, 0.3) is 0 Å². The lowest BCUT2D eigenvalue weighted by Crippen LogP contribution is -2.34. The highest BCUT2D eigenvalue weighted by atomic mass is 16.2. The fraction of sp³-hybridized carbons (Fsp3) is 0.231. The lowest BCUT2D eigenvalue weighted by molar-refractivity contribution is -0.134. The third kappa shape index (κ3) is 2.53. The second-order valence-corrected chi connectivity index (χ2v) is 3.95. The molecule has 2 amide bonds. The molecule has 0 spiro atoms. The van der Waals surface area contributed by atoms with E-state index in [0.717, 1.165) is 11.3 Å². The van der Waals surface area contributed by atoms with Crippen LogP contribution in [-0.2, 0) is 16.1 Å². The van der Waals surface area contributed by atoms with Crippen LogP contribution in [0.5, 0.6) is 0 Å². The number of para-hydroxylation sites is 1. The van der Waals surface area contributed by atoms with Crippen molar-refractivity contribution in [2.75, 3.05) is 11.9 Å². The monoisotopic (exact) mass is 230 g/mol. The van der Waals surface area contributed by atoms with E-state index in [0.29, 0.717) is 6.54 Å². The first-order valence-electron chi connectivity index (χ1n) is 5.47. The summed E-state index contributed by atoms with van der Waals surface area (Å²) in [5.41, 5.74) is 1.74. The van der Waals surface area contributed by atoms with Crippen LogP contribution in [0.4, 0.5) is 5.69 Å². The molecule has 1 aromatic rings. The highest BCUT2D eigenvalue weighted by Gasteiger charge is 2.21. The predicted molar refractivity (Wildman–Crippen MR) is 65.3 cm³/mol. The standard InChI is InChI=1S/C13H14N2O2/c1-2-5-13(17)15-8-10-6-3-4-7-11(10)14-12(16)9-15/h2-4,6-7H,1,5,8-9H2,(H,14,16). The van der Waals surface area contributed by atoms with E-state index < -0.39 is 0 Å². The molecule has 1 heterocycles. The Morgan fingerprint density at radius 1 is 1.41 bits per heavy atom. The molecule has 0 radical (unpaired) electrons. The second kappa shape index (κ2) is 4.82. The molecule has 1 aromatic carbocycles. The molecule has 0 unspecified atom stereocenters. The third-order valence-corrected chi connectivity index (χ3v) is 2.66. The normalized spacial score (nSPS) is 14.6. The number of hydrogen-bond donors (Lipinski definition) is 1. The van der Waals surface area contributed by atoms with Crippen molar-refractivity contribution >= 4 is 17.5 Å². The van der Waals surface area contributed by atoms with E-state index in [1.807, 2.05) is 24.3 Å². The van der Waals surface area contributed by atoms with Crippen molar-refractivity contribution in [3.63, 3.8) is 0 Å². The molecule has 4 nitrogen and oxygen atoms in total. The van der Waals surface area contributed by atoms with E-state index >= 15 is 0 Å². The fourth-order valence-corrected chi connectivity index (χ4v) is 1.83. The lowest BCUT2D eigenvalue weighted by Gasteiger charge is -2.18. The summed E-state index contributed by atoms with van der Waals surface area (Å²) in [7, 11) is 0. The molecular formula is C13H14N2O2. The topological polar surface area (TPSA) is 49.4 Å². The Kier molecular flexibility index (Phi) is 3.23.